The van der Waals surface area contributed by atoms with Gasteiger partial charge in [0.25, 0.3) is 5.56 Å². The Morgan fingerprint density at radius 3 is 2.37 bits per heavy atom. The molecule has 0 saturated carbocycles. The molecule has 1 aliphatic rings. The smallest absolute Gasteiger partial charge is 0.338 e. The Balaban J connectivity index is 1.58. The van der Waals surface area contributed by atoms with Gasteiger partial charge in [0.05, 0.1) is 37.2 Å². The minimum Gasteiger partial charge on any atom is -0.496 e. The largest absolute Gasteiger partial charge is 0.496 e. The van der Waals surface area contributed by atoms with Crippen molar-refractivity contribution >= 4 is 103 Å². The van der Waals surface area contributed by atoms with Gasteiger partial charge < -0.3 is 14.2 Å². The van der Waals surface area contributed by atoms with Gasteiger partial charge in [-0.25, -0.2) is 9.79 Å². The van der Waals surface area contributed by atoms with E-state index in [1.165, 1.54) is 30.1 Å². The highest BCUT2D eigenvalue weighted by atomic mass is 127. The Labute approximate surface area is 293 Å². The Hall–Kier alpha value is -2.10. The average Bonchev–Trinajstić information content (AvgIpc) is 3.26. The van der Waals surface area contributed by atoms with Crippen molar-refractivity contribution in [1.29, 1.82) is 0 Å². The van der Waals surface area contributed by atoms with Gasteiger partial charge in [-0.1, -0.05) is 52.2 Å². The predicted octanol–water partition coefficient (Wildman–Crippen LogP) is 7.17. The third-order valence-electron chi connectivity index (χ3n) is 6.62. The second kappa shape index (κ2) is 13.5. The highest BCUT2D eigenvalue weighted by Gasteiger charge is 2.35. The number of thiazole rings is 1. The second-order valence-electron chi connectivity index (χ2n) is 9.30. The van der Waals surface area contributed by atoms with Gasteiger partial charge in [0.2, 0.25) is 0 Å². The van der Waals surface area contributed by atoms with E-state index in [-0.39, 0.29) is 17.7 Å². The Bertz CT molecular complexity index is 1970. The summed E-state index contributed by atoms with van der Waals surface area (Å²) < 4.78 is 20.5. The molecule has 0 unspecified atom stereocenters. The zero-order valence-corrected chi connectivity index (χ0v) is 30.1. The summed E-state index contributed by atoms with van der Waals surface area (Å²) in [5, 5.41) is 1.52. The molecule has 7 nitrogen and oxygen atoms in total. The lowest BCUT2D eigenvalue weighted by Gasteiger charge is -2.25. The summed E-state index contributed by atoms with van der Waals surface area (Å²) in [6, 6.07) is 13.4. The molecule has 0 spiro atoms. The minimum atomic E-state index is -0.852. The van der Waals surface area contributed by atoms with Crippen molar-refractivity contribution in [2.24, 2.45) is 4.99 Å². The maximum Gasteiger partial charge on any atom is 0.338 e. The molecule has 43 heavy (non-hydrogen) atoms. The number of fused-ring (bicyclic) bond motifs is 1. The topological polar surface area (TPSA) is 79.1 Å². The number of benzene rings is 3. The first-order valence-electron chi connectivity index (χ1n) is 12.5. The first kappa shape index (κ1) is 32.3. The lowest BCUT2D eigenvalue weighted by Crippen LogP contribution is -2.40. The van der Waals surface area contributed by atoms with E-state index in [1.807, 2.05) is 18.2 Å². The number of hydrogen-bond acceptors (Lipinski definition) is 7. The monoisotopic (exact) mass is 880 g/mol. The first-order valence-corrected chi connectivity index (χ1v) is 16.6. The van der Waals surface area contributed by atoms with Crippen LogP contribution in [0.5, 0.6) is 11.5 Å². The molecule has 1 aromatic heterocycles. The summed E-state index contributed by atoms with van der Waals surface area (Å²) in [6.07, 6.45) is 1.80. The molecule has 0 amide bonds. The number of rotatable bonds is 7. The van der Waals surface area contributed by atoms with Crippen LogP contribution < -0.4 is 24.4 Å². The van der Waals surface area contributed by atoms with Gasteiger partial charge in [0, 0.05) is 26.2 Å². The summed E-state index contributed by atoms with van der Waals surface area (Å²) in [5.74, 6) is 0.582. The van der Waals surface area contributed by atoms with Crippen LogP contribution in [0, 0.1) is 7.14 Å². The van der Waals surface area contributed by atoms with Crippen molar-refractivity contribution in [3.05, 3.63) is 118 Å². The van der Waals surface area contributed by atoms with Gasteiger partial charge in [0.15, 0.2) is 4.80 Å². The summed E-state index contributed by atoms with van der Waals surface area (Å²) in [5.41, 5.74) is 2.52. The standard InChI is InChI=1S/C30H21Cl3I2N2O5S/c1-14-25(29(39)41-3)26(19-11-17(31)6-7-23(19)40-2)37-28(38)24(43-30(37)36-14)10-15-8-21(34)27(22(35)9-15)42-13-16-4-5-18(32)12-20(16)33/h4-12,26H,13H2,1-3H3/b24-10-/t26-/m1/s1. The zero-order valence-electron chi connectivity index (χ0n) is 22.7. The molecule has 0 bridgehead atoms. The summed E-state index contributed by atoms with van der Waals surface area (Å²) >= 11 is 24.3. The number of carbonyl (C=O) groups excluding carboxylic acids is 1. The number of carbonyl (C=O) groups is 1. The van der Waals surface area contributed by atoms with E-state index in [2.05, 4.69) is 50.2 Å². The van der Waals surface area contributed by atoms with Gasteiger partial charge in [-0.15, -0.1) is 0 Å². The molecule has 1 atom stereocenters. The van der Waals surface area contributed by atoms with Gasteiger partial charge in [-0.3, -0.25) is 9.36 Å². The Morgan fingerprint density at radius 1 is 1.05 bits per heavy atom. The molecule has 2 heterocycles. The van der Waals surface area contributed by atoms with Crippen LogP contribution in [0.1, 0.15) is 29.7 Å². The normalized spacial score (nSPS) is 14.8. The van der Waals surface area contributed by atoms with Crippen molar-refractivity contribution < 1.29 is 19.0 Å². The van der Waals surface area contributed by atoms with Crippen LogP contribution in [0.4, 0.5) is 0 Å². The van der Waals surface area contributed by atoms with E-state index in [9.17, 15) is 9.59 Å². The van der Waals surface area contributed by atoms with Crippen LogP contribution in [-0.2, 0) is 16.1 Å². The molecule has 4 aromatic rings. The molecule has 0 fully saturated rings. The van der Waals surface area contributed by atoms with Crippen molar-refractivity contribution in [3.8, 4) is 11.5 Å². The van der Waals surface area contributed by atoms with Crippen LogP contribution >= 0.6 is 91.3 Å². The number of esters is 1. The van der Waals surface area contributed by atoms with Gasteiger partial charge >= 0.3 is 5.97 Å². The van der Waals surface area contributed by atoms with E-state index in [1.54, 1.807) is 43.3 Å². The van der Waals surface area contributed by atoms with E-state index in [4.69, 9.17) is 49.0 Å². The molecule has 222 valence electrons. The minimum absolute atomic E-state index is 0.230. The average molecular weight is 882 g/mol. The predicted molar refractivity (Wildman–Crippen MR) is 186 cm³/mol. The summed E-state index contributed by atoms with van der Waals surface area (Å²) in [4.78, 5) is 32.0. The van der Waals surface area contributed by atoms with Crippen LogP contribution in [0.3, 0.4) is 0 Å². The van der Waals surface area contributed by atoms with Crippen LogP contribution in [0.15, 0.2) is 69.6 Å². The molecule has 0 radical (unpaired) electrons. The van der Waals surface area contributed by atoms with E-state index < -0.39 is 12.0 Å². The lowest BCUT2D eigenvalue weighted by atomic mass is 9.95. The maximum absolute atomic E-state index is 14.0. The fraction of sp³-hybridized carbons (Fsp3) is 0.167. The molecule has 13 heteroatoms. The highest BCUT2D eigenvalue weighted by Crippen LogP contribution is 2.37. The molecular formula is C30H21Cl3I2N2O5S. The highest BCUT2D eigenvalue weighted by molar-refractivity contribution is 14.1. The molecule has 1 aliphatic heterocycles. The van der Waals surface area contributed by atoms with Crippen LogP contribution in [0.25, 0.3) is 6.08 Å². The number of ether oxygens (including phenoxy) is 3. The van der Waals surface area contributed by atoms with Gasteiger partial charge in [-0.05, 0) is 106 Å². The fourth-order valence-corrected chi connectivity index (χ4v) is 8.46. The van der Waals surface area contributed by atoms with Crippen LogP contribution in [-0.4, -0.2) is 24.8 Å². The third-order valence-corrected chi connectivity index (χ3v) is 10.0. The Morgan fingerprint density at radius 2 is 1.72 bits per heavy atom. The number of halogens is 5. The summed E-state index contributed by atoms with van der Waals surface area (Å²) in [6.45, 7) is 1.99. The van der Waals surface area contributed by atoms with E-state index >= 15 is 0 Å². The zero-order chi connectivity index (χ0) is 31.0. The van der Waals surface area contributed by atoms with E-state index in [0.29, 0.717) is 47.2 Å². The maximum atomic E-state index is 14.0. The molecule has 5 rings (SSSR count). The van der Waals surface area contributed by atoms with Crippen molar-refractivity contribution in [2.75, 3.05) is 14.2 Å². The number of allylic oxidation sites excluding steroid dienone is 1. The fourth-order valence-electron chi connectivity index (χ4n) is 4.65. The third kappa shape index (κ3) is 6.64. The molecule has 0 N–H and O–H groups in total. The van der Waals surface area contributed by atoms with E-state index in [0.717, 1.165) is 18.3 Å². The molecule has 0 aliphatic carbocycles. The summed E-state index contributed by atoms with van der Waals surface area (Å²) in [7, 11) is 2.81. The molecule has 3 aromatic carbocycles. The quantitative estimate of drug-likeness (QED) is 0.146. The van der Waals surface area contributed by atoms with Crippen LogP contribution in [0.2, 0.25) is 15.1 Å². The number of nitrogens with zero attached hydrogens (tertiary/aromatic N) is 2. The molecular weight excluding hydrogens is 861 g/mol. The molecule has 0 saturated heterocycles. The van der Waals surface area contributed by atoms with Gasteiger partial charge in [-0.2, -0.15) is 0 Å². The van der Waals surface area contributed by atoms with Crippen molar-refractivity contribution in [3.63, 3.8) is 0 Å². The number of aromatic nitrogens is 1. The lowest BCUT2D eigenvalue weighted by molar-refractivity contribution is -0.136. The van der Waals surface area contributed by atoms with Gasteiger partial charge in [0.1, 0.15) is 24.1 Å². The van der Waals surface area contributed by atoms with Crippen molar-refractivity contribution in [2.45, 2.75) is 19.6 Å². The van der Waals surface area contributed by atoms with Crippen molar-refractivity contribution in [1.82, 2.24) is 4.57 Å². The number of methoxy groups -OCH3 is 2. The number of hydrogen-bond donors (Lipinski definition) is 0. The first-order chi connectivity index (χ1) is 20.5. The Kier molecular flexibility index (Phi) is 10.1. The SMILES string of the molecule is COC(=O)C1=C(C)N=c2s/c(=C\c3cc(I)c(OCc4ccc(Cl)cc4Cl)c(I)c3)c(=O)n2[C@@H]1c1cc(Cl)ccc1OC. The second-order valence-corrected chi connectivity index (χ2v) is 13.9.